The predicted octanol–water partition coefficient (Wildman–Crippen LogP) is 1.76. The topological polar surface area (TPSA) is 66.8 Å². The summed E-state index contributed by atoms with van der Waals surface area (Å²) in [6.07, 6.45) is 4.02. The Morgan fingerprint density at radius 3 is 2.68 bits per heavy atom. The molecular weight excluding hydrogens is 244 g/mol. The zero-order valence-corrected chi connectivity index (χ0v) is 11.8. The second-order valence-electron chi connectivity index (χ2n) is 7.19. The zero-order chi connectivity index (χ0) is 14.1. The fraction of sp³-hybridized carbons (Fsp3) is 0.800. The van der Waals surface area contributed by atoms with Crippen molar-refractivity contribution in [2.75, 3.05) is 0 Å². The third-order valence-corrected chi connectivity index (χ3v) is 5.86. The first-order chi connectivity index (χ1) is 8.73. The zero-order valence-electron chi connectivity index (χ0n) is 11.8. The van der Waals surface area contributed by atoms with Crippen LogP contribution in [0.25, 0.3) is 0 Å². The number of carbonyl (C=O) groups excluding carboxylic acids is 1. The number of carbonyl (C=O) groups is 1. The second kappa shape index (κ2) is 3.61. The molecule has 1 aliphatic heterocycles. The van der Waals surface area contributed by atoms with Gasteiger partial charge in [0.2, 0.25) is 6.29 Å². The van der Waals surface area contributed by atoms with Crippen LogP contribution < -0.4 is 0 Å². The first-order valence-corrected chi connectivity index (χ1v) is 7.05. The summed E-state index contributed by atoms with van der Waals surface area (Å²) in [6.45, 7) is 6.42. The maximum Gasteiger partial charge on any atom is 0.339 e. The number of allylic oxidation sites excluding steroid dienone is 1. The molecule has 1 saturated heterocycles. The number of aliphatic hydroxyl groups is 2. The maximum atomic E-state index is 11.8. The van der Waals surface area contributed by atoms with Crippen molar-refractivity contribution in [2.24, 2.45) is 16.7 Å². The van der Waals surface area contributed by atoms with Crippen LogP contribution in [0.1, 0.15) is 46.5 Å². The molecule has 4 nitrogen and oxygen atoms in total. The van der Waals surface area contributed by atoms with Crippen molar-refractivity contribution in [3.63, 3.8) is 0 Å². The van der Waals surface area contributed by atoms with E-state index in [2.05, 4.69) is 13.8 Å². The van der Waals surface area contributed by atoms with Crippen molar-refractivity contribution in [2.45, 2.75) is 58.3 Å². The highest BCUT2D eigenvalue weighted by atomic mass is 16.7. The summed E-state index contributed by atoms with van der Waals surface area (Å²) in [4.78, 5) is 11.8. The fourth-order valence-electron chi connectivity index (χ4n) is 4.76. The Hall–Kier alpha value is -0.870. The van der Waals surface area contributed by atoms with E-state index in [0.29, 0.717) is 0 Å². The van der Waals surface area contributed by atoms with Gasteiger partial charge < -0.3 is 14.9 Å². The summed E-state index contributed by atoms with van der Waals surface area (Å²) in [7, 11) is 0. The standard InChI is InChI=1S/C15H22O4/c1-13(2)7-4-8-14(3)10(13)6-5-9-11(16)19-12(17)15(9,14)18/h5,10,12,17-18H,4,6-8H2,1-3H3. The predicted molar refractivity (Wildman–Crippen MR) is 69.0 cm³/mol. The maximum absolute atomic E-state index is 11.8. The van der Waals surface area contributed by atoms with E-state index >= 15 is 0 Å². The lowest BCUT2D eigenvalue weighted by Gasteiger charge is -2.58. The van der Waals surface area contributed by atoms with Gasteiger partial charge in [0, 0.05) is 5.41 Å². The number of ether oxygens (including phenoxy) is 1. The van der Waals surface area contributed by atoms with Crippen LogP contribution >= 0.6 is 0 Å². The highest BCUT2D eigenvalue weighted by Crippen LogP contribution is 2.63. The molecule has 0 aromatic heterocycles. The van der Waals surface area contributed by atoms with Gasteiger partial charge in [-0.2, -0.15) is 0 Å². The number of hydrogen-bond acceptors (Lipinski definition) is 4. The molecule has 0 aromatic carbocycles. The lowest BCUT2D eigenvalue weighted by Crippen LogP contribution is -2.62. The van der Waals surface area contributed by atoms with Crippen LogP contribution in [0, 0.1) is 16.7 Å². The minimum absolute atomic E-state index is 0.0934. The van der Waals surface area contributed by atoms with E-state index in [1.807, 2.05) is 6.92 Å². The minimum atomic E-state index is -1.55. The largest absolute Gasteiger partial charge is 0.429 e. The van der Waals surface area contributed by atoms with E-state index in [-0.39, 0.29) is 16.9 Å². The third kappa shape index (κ3) is 1.39. The van der Waals surface area contributed by atoms with E-state index in [0.717, 1.165) is 25.7 Å². The fourth-order valence-corrected chi connectivity index (χ4v) is 4.76. The van der Waals surface area contributed by atoms with E-state index in [9.17, 15) is 15.0 Å². The van der Waals surface area contributed by atoms with Gasteiger partial charge in [-0.3, -0.25) is 0 Å². The number of esters is 1. The average molecular weight is 266 g/mol. The summed E-state index contributed by atoms with van der Waals surface area (Å²) in [5, 5.41) is 21.2. The summed E-state index contributed by atoms with van der Waals surface area (Å²) < 4.78 is 4.89. The SMILES string of the molecule is CC1(C)CCCC2(C)C1CC=C1C(=O)OC(O)C12O. The monoisotopic (exact) mass is 266 g/mol. The number of aliphatic hydroxyl groups excluding tert-OH is 1. The van der Waals surface area contributed by atoms with Crippen LogP contribution in [0.2, 0.25) is 0 Å². The van der Waals surface area contributed by atoms with Gasteiger partial charge in [0.25, 0.3) is 0 Å². The van der Waals surface area contributed by atoms with Gasteiger partial charge in [0.05, 0.1) is 5.57 Å². The molecule has 106 valence electrons. The molecule has 4 heteroatoms. The summed E-state index contributed by atoms with van der Waals surface area (Å²) >= 11 is 0. The van der Waals surface area contributed by atoms with E-state index in [1.54, 1.807) is 6.08 Å². The lowest BCUT2D eigenvalue weighted by molar-refractivity contribution is -0.230. The first-order valence-electron chi connectivity index (χ1n) is 7.05. The molecule has 2 N–H and O–H groups in total. The van der Waals surface area contributed by atoms with Crippen molar-refractivity contribution < 1.29 is 19.7 Å². The molecule has 0 spiro atoms. The van der Waals surface area contributed by atoms with Gasteiger partial charge >= 0.3 is 5.97 Å². The number of hydrogen-bond donors (Lipinski definition) is 2. The van der Waals surface area contributed by atoms with Crippen molar-refractivity contribution >= 4 is 5.97 Å². The number of rotatable bonds is 0. The molecule has 3 rings (SSSR count). The van der Waals surface area contributed by atoms with Crippen molar-refractivity contribution in [3.8, 4) is 0 Å². The van der Waals surface area contributed by atoms with Gasteiger partial charge in [-0.1, -0.05) is 33.3 Å². The Balaban J connectivity index is 2.16. The molecule has 19 heavy (non-hydrogen) atoms. The van der Waals surface area contributed by atoms with Crippen LogP contribution in [-0.4, -0.2) is 28.1 Å². The van der Waals surface area contributed by atoms with E-state index in [4.69, 9.17) is 4.74 Å². The Bertz CT molecular complexity index is 467. The Labute approximate surface area is 113 Å². The van der Waals surface area contributed by atoms with Crippen LogP contribution in [0.15, 0.2) is 11.6 Å². The van der Waals surface area contributed by atoms with E-state index < -0.39 is 23.3 Å². The molecule has 2 aliphatic carbocycles. The lowest BCUT2D eigenvalue weighted by atomic mass is 9.47. The smallest absolute Gasteiger partial charge is 0.339 e. The van der Waals surface area contributed by atoms with Gasteiger partial charge in [-0.25, -0.2) is 4.79 Å². The number of fused-ring (bicyclic) bond motifs is 3. The van der Waals surface area contributed by atoms with Crippen molar-refractivity contribution in [1.82, 2.24) is 0 Å². The first kappa shape index (κ1) is 13.1. The van der Waals surface area contributed by atoms with Crippen LogP contribution in [-0.2, 0) is 9.53 Å². The van der Waals surface area contributed by atoms with Crippen LogP contribution in [0.4, 0.5) is 0 Å². The van der Waals surface area contributed by atoms with Crippen molar-refractivity contribution in [3.05, 3.63) is 11.6 Å². The molecule has 0 aromatic rings. The Kier molecular flexibility index (Phi) is 2.50. The highest BCUT2D eigenvalue weighted by Gasteiger charge is 2.68. The average Bonchev–Trinajstić information content (AvgIpc) is 2.52. The Morgan fingerprint density at radius 2 is 2.00 bits per heavy atom. The molecule has 4 atom stereocenters. The molecule has 3 aliphatic rings. The van der Waals surface area contributed by atoms with Crippen LogP contribution in [0.3, 0.4) is 0 Å². The molecule has 2 fully saturated rings. The minimum Gasteiger partial charge on any atom is -0.429 e. The molecule has 0 bridgehead atoms. The van der Waals surface area contributed by atoms with Crippen LogP contribution in [0.5, 0.6) is 0 Å². The third-order valence-electron chi connectivity index (χ3n) is 5.86. The van der Waals surface area contributed by atoms with Gasteiger partial charge in [-0.15, -0.1) is 0 Å². The van der Waals surface area contributed by atoms with Crippen molar-refractivity contribution in [1.29, 1.82) is 0 Å². The number of cyclic esters (lactones) is 1. The Morgan fingerprint density at radius 1 is 1.32 bits per heavy atom. The molecule has 1 heterocycles. The van der Waals surface area contributed by atoms with E-state index in [1.165, 1.54) is 0 Å². The van der Waals surface area contributed by atoms with Gasteiger partial charge in [-0.05, 0) is 30.6 Å². The summed E-state index contributed by atoms with van der Waals surface area (Å²) in [5.41, 5.74) is -1.71. The molecule has 0 amide bonds. The molecule has 4 unspecified atom stereocenters. The molecule has 0 radical (unpaired) electrons. The van der Waals surface area contributed by atoms with Gasteiger partial charge in [0.1, 0.15) is 0 Å². The summed E-state index contributed by atoms with van der Waals surface area (Å²) in [6, 6.07) is 0. The summed E-state index contributed by atoms with van der Waals surface area (Å²) in [5.74, 6) is -0.329. The second-order valence-corrected chi connectivity index (χ2v) is 7.19. The quantitative estimate of drug-likeness (QED) is 0.656. The molecular formula is C15H22O4. The molecule has 1 saturated carbocycles. The normalized spacial score (nSPS) is 48.1. The van der Waals surface area contributed by atoms with Gasteiger partial charge in [0.15, 0.2) is 5.60 Å². The highest BCUT2D eigenvalue weighted by molar-refractivity contribution is 5.94.